The smallest absolute Gasteiger partial charge is 0.407 e. The van der Waals surface area contributed by atoms with Crippen molar-refractivity contribution < 1.29 is 122 Å². The Morgan fingerprint density at radius 1 is 0.699 bits per heavy atom. The fraction of sp³-hybridized carbons (Fsp3) is 0.798. The number of likely N-dealkylation sites (N-methyl/N-ethyl adjacent to an activating group) is 1. The average Bonchev–Trinajstić information content (AvgIpc) is 0.775. The molecule has 17 unspecified atom stereocenters. The minimum Gasteiger partial charge on any atom is -0.495 e. The number of nitrogens with one attached hydrogen (secondary N) is 1. The van der Waals surface area contributed by atoms with E-state index in [4.69, 9.17) is 54.2 Å². The Hall–Kier alpha value is -3.66. The SMILES string of the molecule is COc1cc2cc(c1Cl)N(C)C(=O)C[C@]1(OC(=O)[C@@H](C)N(C)C(=O)CCSC3CC(SCCC(C)(C)OCCC(C)(C)C(=O)O)C(SCCOC4OC(CO)C(O)C(O)C4O)CCCC(C)/C(C)=C(/C)CC(SCCC(C)(C)OCCC(C)(C)C(=O)O)C3SCCOC3OC(CO)C(O)C(O)C3O)C[C@@](C)(C1)[C@H](C)[C@@H]1CC(C/C=C/C=C(/C)C2)NC(=O)O1. The molecule has 3 amide bonds. The predicted molar refractivity (Wildman–Crippen MR) is 484 cm³/mol. The second-order valence-corrected chi connectivity index (χ2v) is 44.5. The molecule has 0 aromatic heterocycles. The fourth-order valence-electron chi connectivity index (χ4n) is 16.5. The number of aliphatic carboxylic acids is 2. The number of aliphatic hydroxyl groups is 8. The first-order valence-electron chi connectivity index (χ1n) is 43.4. The molecule has 1 aromatic rings. The van der Waals surface area contributed by atoms with Crippen molar-refractivity contribution in [3.63, 3.8) is 0 Å². The van der Waals surface area contributed by atoms with Crippen LogP contribution in [0.2, 0.25) is 5.02 Å². The van der Waals surface area contributed by atoms with E-state index in [-0.39, 0.29) is 126 Å². The number of anilines is 1. The zero-order chi connectivity index (χ0) is 91.4. The highest BCUT2D eigenvalue weighted by Crippen LogP contribution is 2.59. The highest BCUT2D eigenvalue weighted by atomic mass is 35.5. The number of allylic oxidation sites excluding steroid dienone is 5. The molecule has 0 spiro atoms. The number of thioether (sulfide) groups is 5. The van der Waals surface area contributed by atoms with Crippen LogP contribution in [0.4, 0.5) is 10.5 Å². The highest BCUT2D eigenvalue weighted by Gasteiger charge is 2.61. The van der Waals surface area contributed by atoms with Crippen molar-refractivity contribution >= 4 is 112 Å². The lowest BCUT2D eigenvalue weighted by Gasteiger charge is -2.58. The van der Waals surface area contributed by atoms with E-state index in [0.29, 0.717) is 79.4 Å². The number of rotatable bonds is 38. The van der Waals surface area contributed by atoms with E-state index in [9.17, 15) is 65.4 Å². The van der Waals surface area contributed by atoms with Gasteiger partial charge in [0.15, 0.2) is 12.6 Å². The summed E-state index contributed by atoms with van der Waals surface area (Å²) in [5.41, 5.74) is -0.723. The largest absolute Gasteiger partial charge is 0.495 e. The minimum atomic E-state index is -1.69. The number of halogens is 1. The highest BCUT2D eigenvalue weighted by molar-refractivity contribution is 8.06. The van der Waals surface area contributed by atoms with E-state index < -0.39 is 150 Å². The molecule has 3 saturated heterocycles. The van der Waals surface area contributed by atoms with Gasteiger partial charge in [-0.15, -0.1) is 0 Å². The number of ether oxygens (including phenoxy) is 9. The third kappa shape index (κ3) is 30.5. The molecular formula is C89H144ClN3O25S5. The molecule has 8 rings (SSSR count). The molecular weight excluding hydrogens is 1710 g/mol. The van der Waals surface area contributed by atoms with E-state index >= 15 is 14.4 Å². The topological polar surface area (TPSA) is 406 Å². The summed E-state index contributed by atoms with van der Waals surface area (Å²) in [6, 6.07) is 2.31. The summed E-state index contributed by atoms with van der Waals surface area (Å²) >= 11 is 15.6. The molecule has 7 aliphatic rings. The molecule has 2 aliphatic carbocycles. The molecule has 28 nitrogen and oxygen atoms in total. The first kappa shape index (κ1) is 106. The number of carbonyl (C=O) groups is 6. The second kappa shape index (κ2) is 47.9. The van der Waals surface area contributed by atoms with Gasteiger partial charge in [-0.05, 0) is 207 Å². The van der Waals surface area contributed by atoms with E-state index in [1.165, 1.54) is 28.1 Å². The van der Waals surface area contributed by atoms with Crippen LogP contribution < -0.4 is 15.0 Å². The molecule has 5 aliphatic heterocycles. The van der Waals surface area contributed by atoms with Gasteiger partial charge in [0.2, 0.25) is 11.8 Å². The van der Waals surface area contributed by atoms with Crippen LogP contribution >= 0.6 is 70.4 Å². The molecule has 0 radical (unpaired) electrons. The summed E-state index contributed by atoms with van der Waals surface area (Å²) in [5, 5.41) is 108. The number of carboxylic acids is 2. The molecule has 34 heteroatoms. The monoisotopic (exact) mass is 1850 g/mol. The standard InChI is InChI=1S/C89H144ClN3O25S5/c1-51-22-19-20-24-58-44-60(117-83(109)91-58)55(5)88(15)49-89(50-88,46-69(97)93(17)59-42-57(40-51)43-61(110-18)70(59)90)118-78(104)56(6)92(16)68(96)26-35-119-67-45-65(120-36-29-86(11,12)113-31-27-84(7,8)81(105)106)64(122-38-33-111-79-75(102)73(100)71(98)62(47-94)115-79)25-21-23-52(2)54(4)53(3)41-66(121-37-30-87(13,14)114-32-28-85(9,10)82(107)108)77(67)123-39-34-112-80-76(103)74(101)72(99)63(48-95)116-80/h19-20,22,42-43,52,55-56,58,60,62-67,71-77,79-80,94-95,98-103H,21,23-41,44-50H2,1-18H3,(H,91,109)(H,105,106)(H,107,108)/b20-19+,51-22-,54-53-/t52?,55-,56-,58?,60+,62?,63?,64?,65?,66?,67?,71?,72?,73?,74?,75?,76?,77?,79?,80?,88-,89-/m1/s1. The van der Waals surface area contributed by atoms with Gasteiger partial charge in [-0.25, -0.2) is 9.59 Å². The third-order valence-electron chi connectivity index (χ3n) is 25.8. The molecule has 6 bridgehead atoms. The maximum absolute atomic E-state index is 15.3. The molecule has 1 aromatic carbocycles. The van der Waals surface area contributed by atoms with Crippen LogP contribution in [-0.2, 0) is 68.3 Å². The molecule has 4 fully saturated rings. The van der Waals surface area contributed by atoms with Gasteiger partial charge in [-0.1, -0.05) is 73.7 Å². The van der Waals surface area contributed by atoms with Gasteiger partial charge in [0.25, 0.3) is 0 Å². The number of aliphatic hydroxyl groups excluding tert-OH is 8. The maximum Gasteiger partial charge on any atom is 0.407 e. The molecule has 123 heavy (non-hydrogen) atoms. The van der Waals surface area contributed by atoms with Gasteiger partial charge in [-0.2, -0.15) is 58.8 Å². The van der Waals surface area contributed by atoms with Crippen LogP contribution in [0.25, 0.3) is 0 Å². The Morgan fingerprint density at radius 3 is 1.78 bits per heavy atom. The second-order valence-electron chi connectivity index (χ2n) is 37.4. The first-order chi connectivity index (χ1) is 57.6. The third-order valence-corrected chi connectivity index (χ3v) is 33.6. The Labute approximate surface area is 755 Å². The van der Waals surface area contributed by atoms with Crippen LogP contribution in [0.1, 0.15) is 206 Å². The van der Waals surface area contributed by atoms with Crippen molar-refractivity contribution in [1.82, 2.24) is 10.2 Å². The number of hydrogen-bond donors (Lipinski definition) is 11. The summed E-state index contributed by atoms with van der Waals surface area (Å²) in [5.74, 6) is -0.932. The van der Waals surface area contributed by atoms with Crippen molar-refractivity contribution in [2.45, 2.75) is 329 Å². The number of alkyl carbamates (subject to hydrolysis) is 1. The molecule has 702 valence electrons. The molecule has 11 N–H and O–H groups in total. The summed E-state index contributed by atoms with van der Waals surface area (Å²) in [4.78, 5) is 86.1. The Bertz CT molecular complexity index is 3690. The number of nitrogens with zero attached hydrogens (tertiary/aromatic N) is 2. The summed E-state index contributed by atoms with van der Waals surface area (Å²) < 4.78 is 55.6. The zero-order valence-corrected chi connectivity index (χ0v) is 80.3. The lowest BCUT2D eigenvalue weighted by Crippen LogP contribution is -2.61. The lowest BCUT2D eigenvalue weighted by atomic mass is 9.52. The zero-order valence-electron chi connectivity index (χ0n) is 75.4. The normalized spacial score (nSPS) is 32.8. The minimum absolute atomic E-state index is 0.0239. The van der Waals surface area contributed by atoms with Crippen LogP contribution in [0.5, 0.6) is 5.75 Å². The number of methoxy groups -OCH3 is 1. The van der Waals surface area contributed by atoms with Crippen molar-refractivity contribution in [2.24, 2.45) is 28.1 Å². The van der Waals surface area contributed by atoms with Crippen molar-refractivity contribution in [1.29, 1.82) is 0 Å². The molecule has 1 saturated carbocycles. The molecule has 5 heterocycles. The fourth-order valence-corrected chi connectivity index (χ4v) is 25.3. The van der Waals surface area contributed by atoms with Gasteiger partial charge < -0.3 is 109 Å². The van der Waals surface area contributed by atoms with E-state index in [2.05, 4.69) is 33.0 Å². The van der Waals surface area contributed by atoms with Gasteiger partial charge in [0, 0.05) is 89.7 Å². The lowest BCUT2D eigenvalue weighted by molar-refractivity contribution is -0.299. The van der Waals surface area contributed by atoms with E-state index in [1.807, 2.05) is 71.9 Å². The summed E-state index contributed by atoms with van der Waals surface area (Å²) in [6.45, 7) is 28.1. The quantitative estimate of drug-likeness (QED) is 0.0166. The summed E-state index contributed by atoms with van der Waals surface area (Å²) in [6.07, 6.45) is -3.03. The van der Waals surface area contributed by atoms with E-state index in [0.717, 1.165) is 30.4 Å². The number of carbonyl (C=O) groups excluding carboxylic acids is 4. The van der Waals surface area contributed by atoms with E-state index in [1.54, 1.807) is 108 Å². The van der Waals surface area contributed by atoms with Gasteiger partial charge in [-0.3, -0.25) is 19.2 Å². The summed E-state index contributed by atoms with van der Waals surface area (Å²) in [7, 11) is 4.70. The Kier molecular flexibility index (Phi) is 41.5. The average molecular weight is 1850 g/mol. The number of benzene rings is 1. The Balaban J connectivity index is 1.28. The van der Waals surface area contributed by atoms with Crippen LogP contribution in [0.3, 0.4) is 0 Å². The van der Waals surface area contributed by atoms with Gasteiger partial charge >= 0.3 is 24.0 Å². The maximum atomic E-state index is 15.3. The number of hydrogen-bond acceptors (Lipinski definition) is 28. The van der Waals surface area contributed by atoms with Gasteiger partial charge in [0.1, 0.15) is 77.4 Å². The van der Waals surface area contributed by atoms with Crippen molar-refractivity contribution in [2.75, 3.05) is 94.5 Å². The van der Waals surface area contributed by atoms with Crippen LogP contribution in [-0.4, -0.2) is 304 Å². The Morgan fingerprint density at radius 2 is 1.24 bits per heavy atom. The number of fused-ring (bicyclic) bond motifs is 5. The van der Waals surface area contributed by atoms with Crippen molar-refractivity contribution in [3.05, 3.63) is 57.7 Å². The number of carboxylic acid groups (broad SMARTS) is 2. The predicted octanol–water partition coefficient (Wildman–Crippen LogP) is 11.4. The molecule has 20 atom stereocenters. The van der Waals surface area contributed by atoms with Crippen LogP contribution in [0, 0.1) is 28.1 Å². The van der Waals surface area contributed by atoms with Crippen molar-refractivity contribution in [3.8, 4) is 5.75 Å². The first-order valence-corrected chi connectivity index (χ1v) is 49.0. The van der Waals surface area contributed by atoms with Crippen LogP contribution in [0.15, 0.2) is 47.1 Å². The number of esters is 1. The number of amides is 3. The van der Waals surface area contributed by atoms with Gasteiger partial charge in [0.05, 0.1) is 67.7 Å².